The maximum atomic E-state index is 13.9. The Kier molecular flexibility index (Phi) is 10.5. The maximum absolute atomic E-state index is 13.9. The Hall–Kier alpha value is -3.37. The van der Waals surface area contributed by atoms with Crippen LogP contribution >= 0.6 is 15.9 Å². The highest BCUT2D eigenvalue weighted by atomic mass is 79.9. The number of hydrogen-bond donors (Lipinski definition) is 1. The molecule has 0 bridgehead atoms. The number of aryl methyl sites for hydroxylation is 1. The predicted molar refractivity (Wildman–Crippen MR) is 156 cm³/mol. The highest BCUT2D eigenvalue weighted by Gasteiger charge is 2.32. The van der Waals surface area contributed by atoms with Crippen LogP contribution in [-0.4, -0.2) is 50.9 Å². The van der Waals surface area contributed by atoms with Gasteiger partial charge in [0.15, 0.2) is 0 Å². The fraction of sp³-hybridized carbons (Fsp3) is 0.310. The monoisotopic (exact) mass is 615 g/mol. The van der Waals surface area contributed by atoms with Gasteiger partial charge in [0.05, 0.1) is 17.2 Å². The van der Waals surface area contributed by atoms with Crippen LogP contribution in [0.4, 0.5) is 5.69 Å². The number of carbonyl (C=O) groups excluding carboxylic acids is 2. The van der Waals surface area contributed by atoms with Gasteiger partial charge in [0.25, 0.3) is 10.0 Å². The molecule has 8 nitrogen and oxygen atoms in total. The summed E-state index contributed by atoms with van der Waals surface area (Å²) in [6.07, 6.45) is 0. The van der Waals surface area contributed by atoms with Gasteiger partial charge in [-0.2, -0.15) is 0 Å². The highest BCUT2D eigenvalue weighted by molar-refractivity contribution is 9.10. The standard InChI is InChI=1S/C29H34BrN3O5S/c1-5-31-29(35)22(4)32(19-23-8-7-9-24(30)18-23)28(34)20-33(25-12-10-21(3)11-13-25)39(36,37)27-16-14-26(15-17-27)38-6-2/h7-18,22H,5-6,19-20H2,1-4H3,(H,31,35). The summed E-state index contributed by atoms with van der Waals surface area (Å²) in [6, 6.07) is 19.6. The van der Waals surface area contributed by atoms with Crippen molar-refractivity contribution < 1.29 is 22.7 Å². The van der Waals surface area contributed by atoms with Gasteiger partial charge in [0.1, 0.15) is 18.3 Å². The van der Waals surface area contributed by atoms with E-state index in [2.05, 4.69) is 21.2 Å². The van der Waals surface area contributed by atoms with Crippen LogP contribution in [0.25, 0.3) is 0 Å². The van der Waals surface area contributed by atoms with Crippen LogP contribution < -0.4 is 14.4 Å². The molecule has 0 aliphatic heterocycles. The molecule has 3 aromatic rings. The van der Waals surface area contributed by atoms with Crippen molar-refractivity contribution in [1.29, 1.82) is 0 Å². The Morgan fingerprint density at radius 3 is 2.26 bits per heavy atom. The predicted octanol–water partition coefficient (Wildman–Crippen LogP) is 4.90. The Bertz CT molecular complexity index is 1380. The highest BCUT2D eigenvalue weighted by Crippen LogP contribution is 2.26. The van der Waals surface area contributed by atoms with Gasteiger partial charge in [0, 0.05) is 17.6 Å². The zero-order valence-corrected chi connectivity index (χ0v) is 25.0. The average molecular weight is 617 g/mol. The molecule has 0 saturated heterocycles. The van der Waals surface area contributed by atoms with Gasteiger partial charge in [-0.25, -0.2) is 8.42 Å². The lowest BCUT2D eigenvalue weighted by Crippen LogP contribution is -2.51. The van der Waals surface area contributed by atoms with Crippen LogP contribution in [-0.2, 0) is 26.2 Å². The zero-order chi connectivity index (χ0) is 28.6. The van der Waals surface area contributed by atoms with Gasteiger partial charge in [0.2, 0.25) is 11.8 Å². The molecule has 3 aromatic carbocycles. The molecule has 0 aliphatic carbocycles. The molecule has 1 atom stereocenters. The minimum Gasteiger partial charge on any atom is -0.494 e. The number of sulfonamides is 1. The molecule has 3 rings (SSSR count). The maximum Gasteiger partial charge on any atom is 0.264 e. The molecule has 0 saturated carbocycles. The first kappa shape index (κ1) is 30.2. The van der Waals surface area contributed by atoms with Crippen LogP contribution in [0.1, 0.15) is 31.9 Å². The molecule has 0 heterocycles. The summed E-state index contributed by atoms with van der Waals surface area (Å²) in [5, 5.41) is 2.75. The molecule has 0 fully saturated rings. The van der Waals surface area contributed by atoms with Crippen LogP contribution in [0.5, 0.6) is 5.75 Å². The van der Waals surface area contributed by atoms with Gasteiger partial charge >= 0.3 is 0 Å². The minimum absolute atomic E-state index is 0.0228. The van der Waals surface area contributed by atoms with Crippen LogP contribution in [0.15, 0.2) is 82.2 Å². The smallest absolute Gasteiger partial charge is 0.264 e. The molecule has 10 heteroatoms. The largest absolute Gasteiger partial charge is 0.494 e. The lowest BCUT2D eigenvalue weighted by molar-refractivity contribution is -0.139. The third-order valence-electron chi connectivity index (χ3n) is 6.08. The van der Waals surface area contributed by atoms with Crippen molar-refractivity contribution >= 4 is 43.5 Å². The zero-order valence-electron chi connectivity index (χ0n) is 22.6. The number of benzene rings is 3. The van der Waals surface area contributed by atoms with Gasteiger partial charge in [-0.05, 0) is 81.8 Å². The Balaban J connectivity index is 2.01. The SMILES string of the molecule is CCNC(=O)C(C)N(Cc1cccc(Br)c1)C(=O)CN(c1ccc(C)cc1)S(=O)(=O)c1ccc(OCC)cc1. The molecule has 0 spiro atoms. The van der Waals surface area contributed by atoms with E-state index in [0.717, 1.165) is 19.9 Å². The molecule has 208 valence electrons. The molecule has 2 amide bonds. The van der Waals surface area contributed by atoms with Crippen LogP contribution in [0, 0.1) is 6.92 Å². The summed E-state index contributed by atoms with van der Waals surface area (Å²) in [7, 11) is -4.14. The van der Waals surface area contributed by atoms with E-state index in [0.29, 0.717) is 24.6 Å². The van der Waals surface area contributed by atoms with Crippen molar-refractivity contribution in [3.05, 3.63) is 88.4 Å². The molecule has 0 radical (unpaired) electrons. The molecular formula is C29H34BrN3O5S. The molecule has 0 aliphatic rings. The second kappa shape index (κ2) is 13.6. The number of hydrogen-bond acceptors (Lipinski definition) is 5. The molecular weight excluding hydrogens is 582 g/mol. The fourth-order valence-corrected chi connectivity index (χ4v) is 5.84. The number of nitrogens with zero attached hydrogens (tertiary/aromatic N) is 2. The van der Waals surface area contributed by atoms with E-state index in [-0.39, 0.29) is 17.3 Å². The van der Waals surface area contributed by atoms with Crippen molar-refractivity contribution in [1.82, 2.24) is 10.2 Å². The normalized spacial score (nSPS) is 11.9. The number of amides is 2. The summed E-state index contributed by atoms with van der Waals surface area (Å²) >= 11 is 3.44. The number of likely N-dealkylation sites (N-methyl/N-ethyl adjacent to an activating group) is 1. The number of carbonyl (C=O) groups is 2. The van der Waals surface area contributed by atoms with E-state index in [9.17, 15) is 18.0 Å². The van der Waals surface area contributed by atoms with Crippen LogP contribution in [0.2, 0.25) is 0 Å². The Morgan fingerprint density at radius 2 is 1.67 bits per heavy atom. The van der Waals surface area contributed by atoms with E-state index in [4.69, 9.17) is 4.74 Å². The van der Waals surface area contributed by atoms with Crippen molar-refractivity contribution in [3.8, 4) is 5.75 Å². The molecule has 1 unspecified atom stereocenters. The van der Waals surface area contributed by atoms with E-state index in [1.54, 1.807) is 50.2 Å². The summed E-state index contributed by atoms with van der Waals surface area (Å²) in [5.74, 6) is -0.286. The fourth-order valence-electron chi connectivity index (χ4n) is 3.98. The second-order valence-electron chi connectivity index (χ2n) is 8.97. The van der Waals surface area contributed by atoms with Crippen molar-refractivity contribution in [3.63, 3.8) is 0 Å². The van der Waals surface area contributed by atoms with E-state index in [1.807, 2.05) is 38.1 Å². The summed E-state index contributed by atoms with van der Waals surface area (Å²) in [5.41, 5.74) is 2.09. The van der Waals surface area contributed by atoms with Crippen LogP contribution in [0.3, 0.4) is 0 Å². The summed E-state index contributed by atoms with van der Waals surface area (Å²) in [6.45, 7) is 7.67. The van der Waals surface area contributed by atoms with Crippen molar-refractivity contribution in [2.45, 2.75) is 45.2 Å². The minimum atomic E-state index is -4.14. The lowest BCUT2D eigenvalue weighted by Gasteiger charge is -2.32. The molecule has 0 aromatic heterocycles. The Morgan fingerprint density at radius 1 is 1.00 bits per heavy atom. The first-order valence-electron chi connectivity index (χ1n) is 12.7. The van der Waals surface area contributed by atoms with Crippen molar-refractivity contribution in [2.24, 2.45) is 0 Å². The quantitative estimate of drug-likeness (QED) is 0.312. The summed E-state index contributed by atoms with van der Waals surface area (Å²) in [4.78, 5) is 28.1. The second-order valence-corrected chi connectivity index (χ2v) is 11.8. The van der Waals surface area contributed by atoms with E-state index in [1.165, 1.54) is 17.0 Å². The Labute approximate surface area is 239 Å². The number of halogens is 1. The van der Waals surface area contributed by atoms with Gasteiger partial charge < -0.3 is 15.0 Å². The van der Waals surface area contributed by atoms with Gasteiger partial charge in [-0.1, -0.05) is 45.8 Å². The first-order chi connectivity index (χ1) is 18.6. The van der Waals surface area contributed by atoms with E-state index < -0.39 is 28.5 Å². The number of nitrogens with one attached hydrogen (secondary N) is 1. The first-order valence-corrected chi connectivity index (χ1v) is 14.9. The van der Waals surface area contributed by atoms with E-state index >= 15 is 0 Å². The number of rotatable bonds is 12. The third-order valence-corrected chi connectivity index (χ3v) is 8.37. The topological polar surface area (TPSA) is 96.0 Å². The lowest BCUT2D eigenvalue weighted by atomic mass is 10.1. The van der Waals surface area contributed by atoms with Crippen molar-refractivity contribution in [2.75, 3.05) is 24.0 Å². The molecule has 39 heavy (non-hydrogen) atoms. The number of ether oxygens (including phenoxy) is 1. The third kappa shape index (κ3) is 7.83. The van der Waals surface area contributed by atoms with Gasteiger partial charge in [-0.3, -0.25) is 13.9 Å². The average Bonchev–Trinajstić information content (AvgIpc) is 2.91. The summed E-state index contributed by atoms with van der Waals surface area (Å²) < 4.78 is 35.1. The molecule has 1 N–H and O–H groups in total. The number of anilines is 1. The van der Waals surface area contributed by atoms with Gasteiger partial charge in [-0.15, -0.1) is 0 Å².